The molecule has 3 aromatic rings. The Morgan fingerprint density at radius 1 is 0.577 bits per heavy atom. The lowest BCUT2D eigenvalue weighted by Crippen LogP contribution is -2.67. The van der Waals surface area contributed by atoms with Gasteiger partial charge in [0.05, 0.1) is 6.15 Å². The third kappa shape index (κ3) is 3.55. The van der Waals surface area contributed by atoms with Crippen molar-refractivity contribution in [1.82, 2.24) is 0 Å². The number of unbranched alkanes of at least 4 members (excludes halogenated alkanes) is 1. The van der Waals surface area contributed by atoms with E-state index in [4.69, 9.17) is 0 Å². The van der Waals surface area contributed by atoms with Gasteiger partial charge in [0.15, 0.2) is 0 Å². The van der Waals surface area contributed by atoms with Gasteiger partial charge in [0.2, 0.25) is 0 Å². The molecular formula is C22H21BF3-. The van der Waals surface area contributed by atoms with Crippen molar-refractivity contribution in [3.8, 4) is 0 Å². The van der Waals surface area contributed by atoms with Crippen molar-refractivity contribution in [3.63, 3.8) is 0 Å². The molecule has 0 aliphatic heterocycles. The van der Waals surface area contributed by atoms with Crippen molar-refractivity contribution in [2.24, 2.45) is 0 Å². The number of halogens is 3. The van der Waals surface area contributed by atoms with E-state index in [2.05, 4.69) is 6.92 Å². The Morgan fingerprint density at radius 2 is 0.885 bits per heavy atom. The van der Waals surface area contributed by atoms with Crippen molar-refractivity contribution in [2.45, 2.75) is 26.1 Å². The molecule has 0 aliphatic carbocycles. The molecule has 0 spiro atoms. The second-order valence-electron chi connectivity index (χ2n) is 6.84. The molecule has 0 saturated carbocycles. The fraction of sp³-hybridized carbons (Fsp3) is 0.182. The third-order valence-electron chi connectivity index (χ3n) is 5.31. The fourth-order valence-corrected chi connectivity index (χ4v) is 3.96. The van der Waals surface area contributed by atoms with Crippen LogP contribution in [0.4, 0.5) is 13.2 Å². The molecule has 0 radical (unpaired) electrons. The highest BCUT2D eigenvalue weighted by atomic mass is 19.1. The first kappa shape index (κ1) is 18.3. The second-order valence-corrected chi connectivity index (χ2v) is 6.84. The first-order valence-electron chi connectivity index (χ1n) is 9.01. The summed E-state index contributed by atoms with van der Waals surface area (Å²) in [4.78, 5) is 0. The van der Waals surface area contributed by atoms with Gasteiger partial charge in [0, 0.05) is 0 Å². The third-order valence-corrected chi connectivity index (χ3v) is 5.31. The maximum atomic E-state index is 13.5. The molecule has 0 heterocycles. The lowest BCUT2D eigenvalue weighted by atomic mass is 9.14. The highest BCUT2D eigenvalue weighted by Crippen LogP contribution is 2.17. The average molecular weight is 353 g/mol. The van der Waals surface area contributed by atoms with E-state index >= 15 is 0 Å². The van der Waals surface area contributed by atoms with Gasteiger partial charge in [-0.25, -0.2) is 13.2 Å². The van der Waals surface area contributed by atoms with Gasteiger partial charge in [-0.2, -0.15) is 22.7 Å². The summed E-state index contributed by atoms with van der Waals surface area (Å²) in [6.07, 6.45) is 1.31. The molecule has 0 atom stereocenters. The molecule has 26 heavy (non-hydrogen) atoms. The molecule has 0 aromatic heterocycles. The molecule has 0 N–H and O–H groups in total. The van der Waals surface area contributed by atoms with Gasteiger partial charge < -0.3 is 0 Å². The van der Waals surface area contributed by atoms with Crippen LogP contribution in [-0.2, 0) is 0 Å². The normalized spacial score (nSPS) is 11.5. The van der Waals surface area contributed by atoms with Crippen LogP contribution in [-0.4, -0.2) is 6.15 Å². The first-order chi connectivity index (χ1) is 12.6. The van der Waals surface area contributed by atoms with Crippen LogP contribution in [0.5, 0.6) is 0 Å². The minimum absolute atomic E-state index is 0.299. The molecular weight excluding hydrogens is 332 g/mol. The lowest BCUT2D eigenvalue weighted by Gasteiger charge is -2.43. The van der Waals surface area contributed by atoms with Gasteiger partial charge in [-0.1, -0.05) is 56.2 Å². The van der Waals surface area contributed by atoms with E-state index < -0.39 is 6.15 Å². The van der Waals surface area contributed by atoms with Crippen LogP contribution < -0.4 is 16.4 Å². The van der Waals surface area contributed by atoms with E-state index in [1.807, 2.05) is 0 Å². The molecule has 3 aromatic carbocycles. The van der Waals surface area contributed by atoms with E-state index in [0.717, 1.165) is 35.6 Å². The molecule has 3 rings (SSSR count). The molecule has 134 valence electrons. The van der Waals surface area contributed by atoms with Crippen molar-refractivity contribution in [3.05, 3.63) is 90.2 Å². The highest BCUT2D eigenvalue weighted by molar-refractivity contribution is 7.11. The Balaban J connectivity index is 2.27. The van der Waals surface area contributed by atoms with Crippen molar-refractivity contribution in [2.75, 3.05) is 0 Å². The van der Waals surface area contributed by atoms with E-state index in [1.54, 1.807) is 36.4 Å². The summed E-state index contributed by atoms with van der Waals surface area (Å²) >= 11 is 0. The molecule has 4 heteroatoms. The second kappa shape index (κ2) is 7.82. The number of rotatable bonds is 6. The van der Waals surface area contributed by atoms with Crippen LogP contribution in [0.2, 0.25) is 6.32 Å². The van der Waals surface area contributed by atoms with Crippen LogP contribution >= 0.6 is 0 Å². The van der Waals surface area contributed by atoms with Gasteiger partial charge in [0.1, 0.15) is 17.5 Å². The van der Waals surface area contributed by atoms with E-state index in [0.29, 0.717) is 0 Å². The Bertz CT molecular complexity index is 729. The zero-order chi connectivity index (χ0) is 18.6. The lowest BCUT2D eigenvalue weighted by molar-refractivity contribution is 0.628. The van der Waals surface area contributed by atoms with Crippen molar-refractivity contribution >= 4 is 22.5 Å². The van der Waals surface area contributed by atoms with E-state index in [9.17, 15) is 13.2 Å². The Morgan fingerprint density at radius 3 is 1.15 bits per heavy atom. The van der Waals surface area contributed by atoms with E-state index in [1.165, 1.54) is 36.4 Å². The molecule has 0 nitrogen and oxygen atoms in total. The molecule has 0 saturated heterocycles. The maximum Gasteiger partial charge on any atom is 0.122 e. The van der Waals surface area contributed by atoms with E-state index in [-0.39, 0.29) is 17.5 Å². The quantitative estimate of drug-likeness (QED) is 0.577. The summed E-state index contributed by atoms with van der Waals surface area (Å²) < 4.78 is 40.6. The van der Waals surface area contributed by atoms with Crippen molar-refractivity contribution < 1.29 is 13.2 Å². The smallest absolute Gasteiger partial charge is 0.122 e. The van der Waals surface area contributed by atoms with Crippen LogP contribution in [0.1, 0.15) is 19.8 Å². The summed E-state index contributed by atoms with van der Waals surface area (Å²) in [5.41, 5.74) is 2.91. The summed E-state index contributed by atoms with van der Waals surface area (Å²) in [6, 6.07) is 19.4. The molecule has 0 bridgehead atoms. The SMILES string of the molecule is CCCC[B-](c1ccc(F)cc1)(c1ccc(F)cc1)c1ccc(F)cc1. The molecule has 0 fully saturated rings. The Labute approximate surface area is 152 Å². The standard InChI is InChI=1S/C22H21BF3/c1-2-3-16-23(17-4-10-20(24)11-5-17,18-6-12-21(25)13-7-18)19-8-14-22(26)15-9-19/h4-15H,2-3,16H2,1H3/q-1. The van der Waals surface area contributed by atoms with Crippen LogP contribution in [0.25, 0.3) is 0 Å². The predicted octanol–water partition coefficient (Wildman–Crippen LogP) is 4.37. The van der Waals surface area contributed by atoms with Gasteiger partial charge >= 0.3 is 0 Å². The Hall–Kier alpha value is -2.49. The predicted molar refractivity (Wildman–Crippen MR) is 104 cm³/mol. The summed E-state index contributed by atoms with van der Waals surface area (Å²) in [5, 5.41) is 0. The zero-order valence-corrected chi connectivity index (χ0v) is 14.8. The molecule has 0 unspecified atom stereocenters. The highest BCUT2D eigenvalue weighted by Gasteiger charge is 2.29. The van der Waals surface area contributed by atoms with Crippen LogP contribution in [0, 0.1) is 17.5 Å². The van der Waals surface area contributed by atoms with Gasteiger partial charge in [-0.15, -0.1) is 0 Å². The van der Waals surface area contributed by atoms with Crippen LogP contribution in [0.3, 0.4) is 0 Å². The van der Waals surface area contributed by atoms with Crippen LogP contribution in [0.15, 0.2) is 72.8 Å². The largest absolute Gasteiger partial charge is 0.207 e. The average Bonchev–Trinajstić information content (AvgIpc) is 2.66. The molecule has 0 aliphatic rings. The fourth-order valence-electron chi connectivity index (χ4n) is 3.96. The van der Waals surface area contributed by atoms with Gasteiger partial charge in [-0.3, -0.25) is 0 Å². The van der Waals surface area contributed by atoms with Gasteiger partial charge in [-0.05, 0) is 36.4 Å². The van der Waals surface area contributed by atoms with Gasteiger partial charge in [0.25, 0.3) is 0 Å². The summed E-state index contributed by atoms with van der Waals surface area (Å²) in [5.74, 6) is -0.897. The minimum Gasteiger partial charge on any atom is -0.207 e. The minimum atomic E-state index is -1.46. The zero-order valence-electron chi connectivity index (χ0n) is 14.8. The first-order valence-corrected chi connectivity index (χ1v) is 9.01. The summed E-state index contributed by atoms with van der Waals surface area (Å²) in [7, 11) is 0. The topological polar surface area (TPSA) is 0 Å². The number of hydrogen-bond acceptors (Lipinski definition) is 0. The Kier molecular flexibility index (Phi) is 5.50. The van der Waals surface area contributed by atoms with Crippen molar-refractivity contribution in [1.29, 1.82) is 0 Å². The number of benzene rings is 3. The monoisotopic (exact) mass is 353 g/mol. The number of hydrogen-bond donors (Lipinski definition) is 0. The maximum absolute atomic E-state index is 13.5. The summed E-state index contributed by atoms with van der Waals surface area (Å²) in [6.45, 7) is 2.11. The molecule has 0 amide bonds.